The first-order valence-electron chi connectivity index (χ1n) is 6.66. The Labute approximate surface area is 140 Å². The molecule has 0 fully saturated rings. The maximum Gasteiger partial charge on any atom is 0.161 e. The van der Waals surface area contributed by atoms with Gasteiger partial charge in [-0.05, 0) is 42.3 Å². The summed E-state index contributed by atoms with van der Waals surface area (Å²) < 4.78 is 13.7. The molecule has 0 aromatic heterocycles. The molecule has 0 aliphatic carbocycles. The van der Waals surface area contributed by atoms with Gasteiger partial charge in [-0.3, -0.25) is 0 Å². The molecule has 3 rings (SSSR count). The van der Waals surface area contributed by atoms with Crippen LogP contribution in [0.2, 0.25) is 0 Å². The van der Waals surface area contributed by atoms with E-state index in [1.807, 2.05) is 37.3 Å². The summed E-state index contributed by atoms with van der Waals surface area (Å²) in [5.74, 6) is 1.51. The zero-order chi connectivity index (χ0) is 15.0. The van der Waals surface area contributed by atoms with Crippen molar-refractivity contribution in [1.82, 2.24) is 0 Å². The van der Waals surface area contributed by atoms with E-state index in [1.54, 1.807) is 0 Å². The van der Waals surface area contributed by atoms with Gasteiger partial charge in [0.25, 0.3) is 0 Å². The van der Waals surface area contributed by atoms with Crippen LogP contribution in [-0.4, -0.2) is 12.7 Å². The summed E-state index contributed by atoms with van der Waals surface area (Å²) >= 11 is 7.13. The number of ether oxygens (including phenoxy) is 2. The Morgan fingerprint density at radius 2 is 1.86 bits per heavy atom. The number of halogens is 2. The molecular formula is C16H15Br2NO2. The Kier molecular flexibility index (Phi) is 4.24. The highest BCUT2D eigenvalue weighted by Crippen LogP contribution is 2.36. The maximum absolute atomic E-state index is 6.39. The first-order chi connectivity index (χ1) is 10.1. The predicted molar refractivity (Wildman–Crippen MR) is 89.9 cm³/mol. The van der Waals surface area contributed by atoms with Crippen LogP contribution in [0.3, 0.4) is 0 Å². The molecule has 2 aromatic rings. The Bertz CT molecular complexity index is 675. The van der Waals surface area contributed by atoms with Gasteiger partial charge < -0.3 is 15.2 Å². The van der Waals surface area contributed by atoms with Gasteiger partial charge in [0.1, 0.15) is 6.61 Å². The van der Waals surface area contributed by atoms with E-state index in [1.165, 1.54) is 0 Å². The van der Waals surface area contributed by atoms with Gasteiger partial charge in [0.15, 0.2) is 17.6 Å². The van der Waals surface area contributed by atoms with E-state index < -0.39 is 0 Å². The maximum atomic E-state index is 6.39. The van der Waals surface area contributed by atoms with Crippen LogP contribution in [0.1, 0.15) is 17.2 Å². The fourth-order valence-corrected chi connectivity index (χ4v) is 3.41. The van der Waals surface area contributed by atoms with E-state index in [4.69, 9.17) is 15.2 Å². The molecular weight excluding hydrogens is 398 g/mol. The molecule has 21 heavy (non-hydrogen) atoms. The lowest BCUT2D eigenvalue weighted by molar-refractivity contribution is 0.0719. The van der Waals surface area contributed by atoms with E-state index in [-0.39, 0.29) is 12.1 Å². The summed E-state index contributed by atoms with van der Waals surface area (Å²) in [5.41, 5.74) is 8.55. The van der Waals surface area contributed by atoms with Crippen molar-refractivity contribution in [2.75, 3.05) is 6.61 Å². The SMILES string of the molecule is Cc1cc(Br)c(C(N)C2COc3ccccc3O2)cc1Br. The minimum atomic E-state index is -0.273. The minimum absolute atomic E-state index is 0.217. The molecule has 0 amide bonds. The predicted octanol–water partition coefficient (Wildman–Crippen LogP) is 4.36. The van der Waals surface area contributed by atoms with Crippen molar-refractivity contribution in [3.05, 3.63) is 56.5 Å². The van der Waals surface area contributed by atoms with E-state index in [0.29, 0.717) is 6.61 Å². The zero-order valence-electron chi connectivity index (χ0n) is 11.5. The molecule has 2 N–H and O–H groups in total. The molecule has 0 bridgehead atoms. The first-order valence-corrected chi connectivity index (χ1v) is 8.24. The van der Waals surface area contributed by atoms with Gasteiger partial charge in [-0.2, -0.15) is 0 Å². The highest BCUT2D eigenvalue weighted by atomic mass is 79.9. The van der Waals surface area contributed by atoms with Gasteiger partial charge in [-0.25, -0.2) is 0 Å². The molecule has 3 nitrogen and oxygen atoms in total. The number of fused-ring (bicyclic) bond motifs is 1. The topological polar surface area (TPSA) is 44.5 Å². The van der Waals surface area contributed by atoms with Crippen molar-refractivity contribution in [2.24, 2.45) is 5.73 Å². The standard InChI is InChI=1S/C16H15Br2NO2/c1-9-6-12(18)10(7-11(9)17)16(19)15-8-20-13-4-2-3-5-14(13)21-15/h2-7,15-16H,8,19H2,1H3. The molecule has 5 heteroatoms. The summed E-state index contributed by atoms with van der Waals surface area (Å²) in [6.45, 7) is 2.48. The number of para-hydroxylation sites is 2. The Morgan fingerprint density at radius 3 is 2.62 bits per heavy atom. The van der Waals surface area contributed by atoms with Crippen LogP contribution >= 0.6 is 31.9 Å². The van der Waals surface area contributed by atoms with E-state index in [0.717, 1.165) is 31.6 Å². The van der Waals surface area contributed by atoms with Crippen LogP contribution < -0.4 is 15.2 Å². The molecule has 0 radical (unpaired) electrons. The highest BCUT2D eigenvalue weighted by molar-refractivity contribution is 9.11. The third kappa shape index (κ3) is 2.96. The Morgan fingerprint density at radius 1 is 1.14 bits per heavy atom. The molecule has 0 saturated heterocycles. The highest BCUT2D eigenvalue weighted by Gasteiger charge is 2.29. The lowest BCUT2D eigenvalue weighted by Crippen LogP contribution is -2.39. The van der Waals surface area contributed by atoms with Crippen molar-refractivity contribution in [3.63, 3.8) is 0 Å². The number of aryl methyl sites for hydroxylation is 1. The van der Waals surface area contributed by atoms with Crippen LogP contribution in [0.4, 0.5) is 0 Å². The Balaban J connectivity index is 1.87. The van der Waals surface area contributed by atoms with Gasteiger partial charge in [0.2, 0.25) is 0 Å². The van der Waals surface area contributed by atoms with Gasteiger partial charge in [-0.1, -0.05) is 44.0 Å². The monoisotopic (exact) mass is 411 g/mol. The van der Waals surface area contributed by atoms with Crippen LogP contribution in [0, 0.1) is 6.92 Å². The van der Waals surface area contributed by atoms with E-state index in [9.17, 15) is 0 Å². The number of hydrogen-bond acceptors (Lipinski definition) is 3. The minimum Gasteiger partial charge on any atom is -0.486 e. The van der Waals surface area contributed by atoms with Gasteiger partial charge >= 0.3 is 0 Å². The summed E-state index contributed by atoms with van der Waals surface area (Å²) in [7, 11) is 0. The molecule has 110 valence electrons. The fraction of sp³-hybridized carbons (Fsp3) is 0.250. The van der Waals surface area contributed by atoms with Crippen LogP contribution in [-0.2, 0) is 0 Å². The lowest BCUT2D eigenvalue weighted by atomic mass is 10.0. The van der Waals surface area contributed by atoms with Crippen LogP contribution in [0.25, 0.3) is 0 Å². The number of nitrogens with two attached hydrogens (primary N) is 1. The molecule has 1 aliphatic rings. The molecule has 2 aromatic carbocycles. The third-order valence-corrected chi connectivity index (χ3v) is 5.11. The van der Waals surface area contributed by atoms with Crippen LogP contribution in [0.5, 0.6) is 11.5 Å². The zero-order valence-corrected chi connectivity index (χ0v) is 14.6. The van der Waals surface area contributed by atoms with Crippen molar-refractivity contribution in [2.45, 2.75) is 19.1 Å². The van der Waals surface area contributed by atoms with Crippen molar-refractivity contribution in [3.8, 4) is 11.5 Å². The average Bonchev–Trinajstić information content (AvgIpc) is 2.50. The molecule has 0 saturated carbocycles. The smallest absolute Gasteiger partial charge is 0.161 e. The van der Waals surface area contributed by atoms with Crippen molar-refractivity contribution < 1.29 is 9.47 Å². The second kappa shape index (κ2) is 5.99. The largest absolute Gasteiger partial charge is 0.486 e. The van der Waals surface area contributed by atoms with Gasteiger partial charge in [-0.15, -0.1) is 0 Å². The van der Waals surface area contributed by atoms with E-state index >= 15 is 0 Å². The normalized spacial score (nSPS) is 18.4. The third-order valence-electron chi connectivity index (χ3n) is 3.57. The summed E-state index contributed by atoms with van der Waals surface area (Å²) in [6, 6.07) is 11.5. The van der Waals surface area contributed by atoms with Crippen molar-refractivity contribution >= 4 is 31.9 Å². The fourth-order valence-electron chi connectivity index (χ4n) is 2.33. The number of rotatable bonds is 2. The quantitative estimate of drug-likeness (QED) is 0.796. The Hall–Kier alpha value is -1.04. The van der Waals surface area contributed by atoms with Gasteiger partial charge in [0.05, 0.1) is 6.04 Å². The number of benzene rings is 2. The molecule has 2 atom stereocenters. The molecule has 1 aliphatic heterocycles. The van der Waals surface area contributed by atoms with Crippen molar-refractivity contribution in [1.29, 1.82) is 0 Å². The van der Waals surface area contributed by atoms with Crippen LogP contribution in [0.15, 0.2) is 45.3 Å². The average molecular weight is 413 g/mol. The lowest BCUT2D eigenvalue weighted by Gasteiger charge is -2.31. The number of hydrogen-bond donors (Lipinski definition) is 1. The summed E-state index contributed by atoms with van der Waals surface area (Å²) in [4.78, 5) is 0. The molecule has 1 heterocycles. The summed E-state index contributed by atoms with van der Waals surface area (Å²) in [6.07, 6.45) is -0.217. The molecule has 0 spiro atoms. The summed E-state index contributed by atoms with van der Waals surface area (Å²) in [5, 5.41) is 0. The second-order valence-corrected chi connectivity index (χ2v) is 6.77. The first kappa shape index (κ1) is 14.9. The second-order valence-electron chi connectivity index (χ2n) is 5.06. The molecule has 2 unspecified atom stereocenters. The van der Waals surface area contributed by atoms with Gasteiger partial charge in [0, 0.05) is 8.95 Å². The van der Waals surface area contributed by atoms with E-state index in [2.05, 4.69) is 37.9 Å².